The maximum atomic E-state index is 12.0. The predicted octanol–water partition coefficient (Wildman–Crippen LogP) is 0.722. The van der Waals surface area contributed by atoms with Gasteiger partial charge in [0, 0.05) is 37.4 Å². The van der Waals surface area contributed by atoms with Crippen molar-refractivity contribution in [2.75, 3.05) is 49.5 Å². The fourth-order valence-corrected chi connectivity index (χ4v) is 3.67. The van der Waals surface area contributed by atoms with Gasteiger partial charge in [0.1, 0.15) is 11.9 Å². The van der Waals surface area contributed by atoms with Crippen molar-refractivity contribution >= 4 is 17.3 Å². The van der Waals surface area contributed by atoms with Crippen molar-refractivity contribution < 1.29 is 9.53 Å². The van der Waals surface area contributed by atoms with Crippen LogP contribution in [0.5, 0.6) is 5.75 Å². The maximum absolute atomic E-state index is 12.0. The molecule has 0 aliphatic carbocycles. The summed E-state index contributed by atoms with van der Waals surface area (Å²) < 4.78 is 6.20. The monoisotopic (exact) mass is 316 g/mol. The van der Waals surface area contributed by atoms with Gasteiger partial charge in [-0.3, -0.25) is 4.79 Å². The fraction of sp³-hybridized carbons (Fsp3) is 0.588. The number of carbonyl (C=O) groups is 1. The average Bonchev–Trinajstić information content (AvgIpc) is 2.99. The molecule has 1 aromatic rings. The molecule has 6 heteroatoms. The molecule has 0 radical (unpaired) electrons. The fourth-order valence-electron chi connectivity index (χ4n) is 3.67. The summed E-state index contributed by atoms with van der Waals surface area (Å²) in [5.74, 6) is 0.898. The van der Waals surface area contributed by atoms with Crippen molar-refractivity contribution in [1.29, 1.82) is 0 Å². The largest absolute Gasteiger partial charge is 0.488 e. The first-order valence-corrected chi connectivity index (χ1v) is 8.60. The minimum Gasteiger partial charge on any atom is -0.488 e. The molecule has 3 N–H and O–H groups in total. The van der Waals surface area contributed by atoms with Crippen molar-refractivity contribution in [3.63, 3.8) is 0 Å². The van der Waals surface area contributed by atoms with Crippen molar-refractivity contribution in [3.05, 3.63) is 17.7 Å². The van der Waals surface area contributed by atoms with Gasteiger partial charge >= 0.3 is 0 Å². The molecule has 0 aromatic heterocycles. The van der Waals surface area contributed by atoms with E-state index >= 15 is 0 Å². The molecule has 3 heterocycles. The lowest BCUT2D eigenvalue weighted by molar-refractivity contribution is -0.115. The molecule has 4 rings (SSSR count). The minimum atomic E-state index is 0.0674. The van der Waals surface area contributed by atoms with Crippen molar-refractivity contribution in [3.8, 4) is 5.75 Å². The SMILES string of the molecule is O=C1Cc2c(N3CCNCC3)ccc(OC3CCNCC3)c2N1. The van der Waals surface area contributed by atoms with Crippen LogP contribution in [0.15, 0.2) is 12.1 Å². The highest BCUT2D eigenvalue weighted by Gasteiger charge is 2.28. The highest BCUT2D eigenvalue weighted by atomic mass is 16.5. The van der Waals surface area contributed by atoms with Crippen LogP contribution in [-0.4, -0.2) is 51.3 Å². The number of carbonyl (C=O) groups excluding carboxylic acids is 1. The zero-order valence-corrected chi connectivity index (χ0v) is 13.4. The van der Waals surface area contributed by atoms with E-state index in [1.807, 2.05) is 6.07 Å². The second-order valence-electron chi connectivity index (χ2n) is 6.47. The summed E-state index contributed by atoms with van der Waals surface area (Å²) in [5, 5.41) is 9.73. The van der Waals surface area contributed by atoms with Gasteiger partial charge in [-0.05, 0) is 38.1 Å². The first-order chi connectivity index (χ1) is 11.3. The first-order valence-electron chi connectivity index (χ1n) is 8.60. The van der Waals surface area contributed by atoms with E-state index in [0.717, 1.165) is 69.1 Å². The maximum Gasteiger partial charge on any atom is 0.229 e. The van der Waals surface area contributed by atoms with Gasteiger partial charge in [-0.15, -0.1) is 0 Å². The summed E-state index contributed by atoms with van der Waals surface area (Å²) in [6.07, 6.45) is 2.73. The third-order valence-corrected chi connectivity index (χ3v) is 4.89. The number of hydrogen-bond acceptors (Lipinski definition) is 5. The van der Waals surface area contributed by atoms with Gasteiger partial charge < -0.3 is 25.6 Å². The minimum absolute atomic E-state index is 0.0674. The Morgan fingerprint density at radius 1 is 1.04 bits per heavy atom. The Morgan fingerprint density at radius 2 is 1.78 bits per heavy atom. The van der Waals surface area contributed by atoms with Crippen LogP contribution < -0.4 is 25.6 Å². The molecule has 0 bridgehead atoms. The third-order valence-electron chi connectivity index (χ3n) is 4.89. The molecule has 6 nitrogen and oxygen atoms in total. The lowest BCUT2D eigenvalue weighted by Crippen LogP contribution is -2.43. The topological polar surface area (TPSA) is 65.6 Å². The number of rotatable bonds is 3. The molecule has 1 aromatic carbocycles. The Kier molecular flexibility index (Phi) is 4.10. The Hall–Kier alpha value is -1.79. The number of anilines is 2. The highest BCUT2D eigenvalue weighted by molar-refractivity contribution is 6.03. The van der Waals surface area contributed by atoms with Crippen LogP contribution in [0, 0.1) is 0 Å². The van der Waals surface area contributed by atoms with Crippen LogP contribution in [0.3, 0.4) is 0 Å². The second-order valence-corrected chi connectivity index (χ2v) is 6.47. The lowest BCUT2D eigenvalue weighted by atomic mass is 10.1. The number of hydrogen-bond donors (Lipinski definition) is 3. The molecule has 0 unspecified atom stereocenters. The van der Waals surface area contributed by atoms with E-state index in [1.54, 1.807) is 0 Å². The second kappa shape index (κ2) is 6.37. The van der Waals surface area contributed by atoms with Crippen LogP contribution >= 0.6 is 0 Å². The number of piperazine rings is 1. The Balaban J connectivity index is 1.61. The molecule has 0 atom stereocenters. The summed E-state index contributed by atoms with van der Waals surface area (Å²) >= 11 is 0. The van der Waals surface area contributed by atoms with E-state index in [9.17, 15) is 4.79 Å². The van der Waals surface area contributed by atoms with Crippen LogP contribution in [0.4, 0.5) is 11.4 Å². The van der Waals surface area contributed by atoms with E-state index in [-0.39, 0.29) is 12.0 Å². The van der Waals surface area contributed by atoms with Crippen LogP contribution in [0.2, 0.25) is 0 Å². The molecule has 3 aliphatic heterocycles. The van der Waals surface area contributed by atoms with Crippen molar-refractivity contribution in [1.82, 2.24) is 10.6 Å². The molecule has 23 heavy (non-hydrogen) atoms. The zero-order chi connectivity index (χ0) is 15.6. The van der Waals surface area contributed by atoms with Crippen molar-refractivity contribution in [2.45, 2.75) is 25.4 Å². The van der Waals surface area contributed by atoms with Gasteiger partial charge in [0.25, 0.3) is 0 Å². The molecule has 1 amide bonds. The molecule has 0 saturated carbocycles. The van der Waals surface area contributed by atoms with E-state index in [1.165, 1.54) is 5.69 Å². The van der Waals surface area contributed by atoms with Crippen LogP contribution in [0.1, 0.15) is 18.4 Å². The Morgan fingerprint density at radius 3 is 2.57 bits per heavy atom. The van der Waals surface area contributed by atoms with E-state index < -0.39 is 0 Å². The number of piperidine rings is 1. The van der Waals surface area contributed by atoms with Gasteiger partial charge in [0.05, 0.1) is 12.1 Å². The van der Waals surface area contributed by atoms with E-state index in [0.29, 0.717) is 6.42 Å². The molecule has 124 valence electrons. The number of nitrogens with one attached hydrogen (secondary N) is 3. The number of benzene rings is 1. The lowest BCUT2D eigenvalue weighted by Gasteiger charge is -2.31. The highest BCUT2D eigenvalue weighted by Crippen LogP contribution is 2.40. The molecular formula is C17H24N4O2. The zero-order valence-electron chi connectivity index (χ0n) is 13.4. The quantitative estimate of drug-likeness (QED) is 0.767. The van der Waals surface area contributed by atoms with Gasteiger partial charge in [-0.2, -0.15) is 0 Å². The molecular weight excluding hydrogens is 292 g/mol. The average molecular weight is 316 g/mol. The predicted molar refractivity (Wildman–Crippen MR) is 90.4 cm³/mol. The third kappa shape index (κ3) is 3.01. The van der Waals surface area contributed by atoms with Crippen molar-refractivity contribution in [2.24, 2.45) is 0 Å². The number of ether oxygens (including phenoxy) is 1. The molecule has 2 fully saturated rings. The summed E-state index contributed by atoms with van der Waals surface area (Å²) in [4.78, 5) is 14.3. The first kappa shape index (κ1) is 14.8. The Bertz CT molecular complexity index is 593. The van der Waals surface area contributed by atoms with Gasteiger partial charge in [0.2, 0.25) is 5.91 Å². The summed E-state index contributed by atoms with van der Waals surface area (Å²) in [6.45, 7) is 5.94. The molecule has 2 saturated heterocycles. The van der Waals surface area contributed by atoms with Gasteiger partial charge in [0.15, 0.2) is 0 Å². The summed E-state index contributed by atoms with van der Waals surface area (Å²) in [7, 11) is 0. The molecule has 0 spiro atoms. The summed E-state index contributed by atoms with van der Waals surface area (Å²) in [5.41, 5.74) is 3.17. The Labute approximate surface area is 136 Å². The molecule has 3 aliphatic rings. The smallest absolute Gasteiger partial charge is 0.229 e. The number of nitrogens with zero attached hydrogens (tertiary/aromatic N) is 1. The van der Waals surface area contributed by atoms with E-state index in [2.05, 4.69) is 26.9 Å². The standard InChI is InChI=1S/C17H24N4O2/c22-16-11-13-14(21-9-7-19-8-10-21)1-2-15(17(13)20-16)23-12-3-5-18-6-4-12/h1-2,12,18-19H,3-11H2,(H,20,22). The van der Waals surface area contributed by atoms with Crippen LogP contribution in [0.25, 0.3) is 0 Å². The normalized spacial score (nSPS) is 21.9. The summed E-state index contributed by atoms with van der Waals surface area (Å²) in [6, 6.07) is 4.16. The van der Waals surface area contributed by atoms with Gasteiger partial charge in [-0.1, -0.05) is 0 Å². The van der Waals surface area contributed by atoms with Gasteiger partial charge in [-0.25, -0.2) is 0 Å². The number of amides is 1. The number of fused-ring (bicyclic) bond motifs is 1. The van der Waals surface area contributed by atoms with Crippen LogP contribution in [-0.2, 0) is 11.2 Å². The van der Waals surface area contributed by atoms with E-state index in [4.69, 9.17) is 4.74 Å².